The highest BCUT2D eigenvalue weighted by Crippen LogP contribution is 2.32. The Morgan fingerprint density at radius 1 is 1.18 bits per heavy atom. The number of aromatic nitrogens is 1. The predicted molar refractivity (Wildman–Crippen MR) is 104 cm³/mol. The number of halogens is 1. The number of hydrogen-bond donors (Lipinski definition) is 0. The molecule has 0 radical (unpaired) electrons. The molecule has 0 bridgehead atoms. The molecule has 0 aliphatic carbocycles. The molecule has 3 aromatic rings. The van der Waals surface area contributed by atoms with E-state index in [0.29, 0.717) is 22.7 Å². The van der Waals surface area contributed by atoms with Crippen LogP contribution in [0.1, 0.15) is 17.0 Å². The van der Waals surface area contributed by atoms with Crippen molar-refractivity contribution in [2.24, 2.45) is 0 Å². The minimum Gasteiger partial charge on any atom is -0.361 e. The number of aryl methyl sites for hydroxylation is 2. The second kappa shape index (κ2) is 7.61. The van der Waals surface area contributed by atoms with Crippen LogP contribution >= 0.6 is 11.6 Å². The van der Waals surface area contributed by atoms with Crippen molar-refractivity contribution in [1.82, 2.24) is 5.16 Å². The molecule has 0 amide bonds. The lowest BCUT2D eigenvalue weighted by Crippen LogP contribution is -2.31. The lowest BCUT2D eigenvalue weighted by Gasteiger charge is -2.24. The zero-order valence-corrected chi connectivity index (χ0v) is 16.6. The van der Waals surface area contributed by atoms with Crippen LogP contribution in [0.4, 0.5) is 11.4 Å². The summed E-state index contributed by atoms with van der Waals surface area (Å²) < 4.78 is 33.1. The standard InChI is InChI=1S/C18H16ClN3O5S/c1-12-16(13(2)27-20-12)11-21(14-6-4-3-5-7-14)28(25,26)15-8-9-17(19)18(10-15)22(23)24/h3-10H,11H2,1-2H3. The lowest BCUT2D eigenvalue weighted by molar-refractivity contribution is -0.384. The summed E-state index contributed by atoms with van der Waals surface area (Å²) in [6.45, 7) is 3.37. The van der Waals surface area contributed by atoms with Gasteiger partial charge in [0.25, 0.3) is 15.7 Å². The highest BCUT2D eigenvalue weighted by Gasteiger charge is 2.29. The maximum absolute atomic E-state index is 13.4. The molecule has 1 aromatic heterocycles. The van der Waals surface area contributed by atoms with Crippen LogP contribution in [0.2, 0.25) is 5.02 Å². The first-order valence-corrected chi connectivity index (χ1v) is 9.97. The van der Waals surface area contributed by atoms with E-state index in [9.17, 15) is 18.5 Å². The minimum atomic E-state index is -4.14. The lowest BCUT2D eigenvalue weighted by atomic mass is 10.2. The molecule has 10 heteroatoms. The molecule has 0 aliphatic rings. The number of nitro benzene ring substituents is 1. The smallest absolute Gasteiger partial charge is 0.289 e. The molecule has 2 aromatic carbocycles. The Labute approximate surface area is 166 Å². The largest absolute Gasteiger partial charge is 0.361 e. The molecule has 0 fully saturated rings. The van der Waals surface area contributed by atoms with Gasteiger partial charge < -0.3 is 4.52 Å². The van der Waals surface area contributed by atoms with Crippen LogP contribution in [0.25, 0.3) is 0 Å². The van der Waals surface area contributed by atoms with E-state index in [0.717, 1.165) is 10.4 Å². The molecular weight excluding hydrogens is 406 g/mol. The summed E-state index contributed by atoms with van der Waals surface area (Å²) in [5, 5.41) is 14.9. The number of rotatable bonds is 6. The first kappa shape index (κ1) is 19.8. The third-order valence-electron chi connectivity index (χ3n) is 4.23. The summed E-state index contributed by atoms with van der Waals surface area (Å²) in [7, 11) is -4.14. The molecule has 3 rings (SSSR count). The Morgan fingerprint density at radius 3 is 2.43 bits per heavy atom. The average molecular weight is 422 g/mol. The number of benzene rings is 2. The van der Waals surface area contributed by atoms with Crippen LogP contribution in [0, 0.1) is 24.0 Å². The van der Waals surface area contributed by atoms with Crippen LogP contribution in [-0.2, 0) is 16.6 Å². The van der Waals surface area contributed by atoms with Crippen molar-refractivity contribution in [3.05, 3.63) is 80.7 Å². The number of para-hydroxylation sites is 1. The van der Waals surface area contributed by atoms with E-state index in [2.05, 4.69) is 5.16 Å². The van der Waals surface area contributed by atoms with Crippen molar-refractivity contribution in [2.45, 2.75) is 25.3 Å². The molecule has 8 nitrogen and oxygen atoms in total. The van der Waals surface area contributed by atoms with E-state index in [1.54, 1.807) is 44.2 Å². The molecule has 0 spiro atoms. The topological polar surface area (TPSA) is 107 Å². The summed E-state index contributed by atoms with van der Waals surface area (Å²) in [6.07, 6.45) is 0. The van der Waals surface area contributed by atoms with Gasteiger partial charge in [-0.05, 0) is 38.1 Å². The molecule has 0 atom stereocenters. The van der Waals surface area contributed by atoms with Gasteiger partial charge in [0.15, 0.2) is 0 Å². The number of anilines is 1. The summed E-state index contributed by atoms with van der Waals surface area (Å²) in [5.41, 5.74) is 1.11. The highest BCUT2D eigenvalue weighted by molar-refractivity contribution is 7.92. The summed E-state index contributed by atoms with van der Waals surface area (Å²) in [4.78, 5) is 10.2. The molecule has 0 aliphatic heterocycles. The van der Waals surface area contributed by atoms with Crippen LogP contribution in [-0.4, -0.2) is 18.5 Å². The second-order valence-corrected chi connectivity index (χ2v) is 8.29. The third kappa shape index (κ3) is 3.71. The highest BCUT2D eigenvalue weighted by atomic mass is 35.5. The Morgan fingerprint density at radius 2 is 1.86 bits per heavy atom. The second-order valence-electron chi connectivity index (χ2n) is 6.02. The van der Waals surface area contributed by atoms with Gasteiger partial charge in [-0.25, -0.2) is 8.42 Å². The molecule has 0 saturated heterocycles. The van der Waals surface area contributed by atoms with E-state index < -0.39 is 20.6 Å². The molecule has 0 N–H and O–H groups in total. The Bertz CT molecular complexity index is 1110. The third-order valence-corrected chi connectivity index (χ3v) is 6.32. The molecular formula is C18H16ClN3O5S. The Hall–Kier alpha value is -2.91. The normalized spacial score (nSPS) is 11.4. The molecule has 0 unspecified atom stereocenters. The van der Waals surface area contributed by atoms with Gasteiger partial charge in [-0.15, -0.1) is 0 Å². The number of nitrogens with zero attached hydrogens (tertiary/aromatic N) is 3. The summed E-state index contributed by atoms with van der Waals surface area (Å²) >= 11 is 5.82. The van der Waals surface area contributed by atoms with Gasteiger partial charge in [-0.3, -0.25) is 14.4 Å². The summed E-state index contributed by atoms with van der Waals surface area (Å²) in [5.74, 6) is 0.496. The molecule has 1 heterocycles. The fourth-order valence-corrected chi connectivity index (χ4v) is 4.34. The zero-order chi connectivity index (χ0) is 20.5. The quantitative estimate of drug-likeness (QED) is 0.435. The Balaban J connectivity index is 2.14. The number of hydrogen-bond acceptors (Lipinski definition) is 6. The fraction of sp³-hybridized carbons (Fsp3) is 0.167. The molecule has 146 valence electrons. The van der Waals surface area contributed by atoms with Crippen molar-refractivity contribution in [3.63, 3.8) is 0 Å². The number of sulfonamides is 1. The Kier molecular flexibility index (Phi) is 5.39. The molecule has 28 heavy (non-hydrogen) atoms. The van der Waals surface area contributed by atoms with Crippen molar-refractivity contribution >= 4 is 33.0 Å². The zero-order valence-electron chi connectivity index (χ0n) is 15.0. The van der Waals surface area contributed by atoms with E-state index in [1.165, 1.54) is 12.1 Å². The van der Waals surface area contributed by atoms with E-state index >= 15 is 0 Å². The van der Waals surface area contributed by atoms with E-state index in [-0.39, 0.29) is 16.5 Å². The fourth-order valence-electron chi connectivity index (χ4n) is 2.70. The van der Waals surface area contributed by atoms with Crippen LogP contribution in [0.15, 0.2) is 57.9 Å². The van der Waals surface area contributed by atoms with Crippen LogP contribution in [0.3, 0.4) is 0 Å². The average Bonchev–Trinajstić information content (AvgIpc) is 2.98. The maximum atomic E-state index is 13.4. The van der Waals surface area contributed by atoms with Gasteiger partial charge in [0.2, 0.25) is 0 Å². The van der Waals surface area contributed by atoms with Crippen molar-refractivity contribution < 1.29 is 17.9 Å². The first-order valence-electron chi connectivity index (χ1n) is 8.15. The van der Waals surface area contributed by atoms with Crippen molar-refractivity contribution in [1.29, 1.82) is 0 Å². The predicted octanol–water partition coefficient (Wildman–Crippen LogP) is 4.25. The molecule has 0 saturated carbocycles. The minimum absolute atomic E-state index is 0.0378. The van der Waals surface area contributed by atoms with Gasteiger partial charge in [0.1, 0.15) is 10.8 Å². The van der Waals surface area contributed by atoms with Crippen LogP contribution < -0.4 is 4.31 Å². The van der Waals surface area contributed by atoms with Crippen molar-refractivity contribution in [2.75, 3.05) is 4.31 Å². The van der Waals surface area contributed by atoms with Gasteiger partial charge in [0, 0.05) is 11.6 Å². The van der Waals surface area contributed by atoms with Gasteiger partial charge in [0.05, 0.1) is 27.7 Å². The monoisotopic (exact) mass is 421 g/mol. The summed E-state index contributed by atoms with van der Waals surface area (Å²) in [6, 6.07) is 11.9. The van der Waals surface area contributed by atoms with E-state index in [1.807, 2.05) is 0 Å². The van der Waals surface area contributed by atoms with Gasteiger partial charge in [-0.1, -0.05) is 35.0 Å². The maximum Gasteiger partial charge on any atom is 0.289 e. The van der Waals surface area contributed by atoms with E-state index in [4.69, 9.17) is 16.1 Å². The first-order chi connectivity index (χ1) is 13.2. The van der Waals surface area contributed by atoms with Gasteiger partial charge in [-0.2, -0.15) is 0 Å². The SMILES string of the molecule is Cc1noc(C)c1CN(c1ccccc1)S(=O)(=O)c1ccc(Cl)c([N+](=O)[O-])c1. The van der Waals surface area contributed by atoms with Gasteiger partial charge >= 0.3 is 0 Å². The van der Waals surface area contributed by atoms with Crippen molar-refractivity contribution in [3.8, 4) is 0 Å². The number of nitro groups is 1. The van der Waals surface area contributed by atoms with Crippen LogP contribution in [0.5, 0.6) is 0 Å².